The Morgan fingerprint density at radius 3 is 2.21 bits per heavy atom. The number of carbonyl (C=O) groups is 3. The molecule has 0 aromatic heterocycles. The van der Waals surface area contributed by atoms with Crippen molar-refractivity contribution < 1.29 is 28.3 Å². The van der Waals surface area contributed by atoms with Crippen molar-refractivity contribution in [1.29, 1.82) is 0 Å². The lowest BCUT2D eigenvalue weighted by atomic mass is 10.1. The zero-order valence-electron chi connectivity index (χ0n) is 12.7. The summed E-state index contributed by atoms with van der Waals surface area (Å²) in [5, 5.41) is 8.49. The number of rotatable bonds is 4. The van der Waals surface area contributed by atoms with Crippen LogP contribution in [-0.4, -0.2) is 58.9 Å². The van der Waals surface area contributed by atoms with E-state index in [1.807, 2.05) is 0 Å². The highest BCUT2D eigenvalue weighted by atomic mass is 19.2. The number of benzene rings is 1. The van der Waals surface area contributed by atoms with Crippen LogP contribution in [0.25, 0.3) is 0 Å². The van der Waals surface area contributed by atoms with Gasteiger partial charge in [0, 0.05) is 38.3 Å². The summed E-state index contributed by atoms with van der Waals surface area (Å²) in [7, 11) is 0. The zero-order chi connectivity index (χ0) is 17.7. The van der Waals surface area contributed by atoms with Gasteiger partial charge in [-0.3, -0.25) is 9.59 Å². The molecule has 0 unspecified atom stereocenters. The molecule has 24 heavy (non-hydrogen) atoms. The second kappa shape index (κ2) is 7.67. The van der Waals surface area contributed by atoms with Crippen molar-refractivity contribution in [2.45, 2.75) is 6.42 Å². The Morgan fingerprint density at radius 2 is 1.62 bits per heavy atom. The van der Waals surface area contributed by atoms with Gasteiger partial charge in [0.2, 0.25) is 11.8 Å². The van der Waals surface area contributed by atoms with Gasteiger partial charge >= 0.3 is 5.97 Å². The fraction of sp³-hybridized carbons (Fsp3) is 0.312. The molecule has 1 aromatic rings. The molecule has 0 saturated carbocycles. The molecule has 1 aromatic carbocycles. The molecule has 0 bridgehead atoms. The zero-order valence-corrected chi connectivity index (χ0v) is 12.7. The monoisotopic (exact) mass is 338 g/mol. The fourth-order valence-corrected chi connectivity index (χ4v) is 2.36. The second-order valence-corrected chi connectivity index (χ2v) is 5.30. The Hall–Kier alpha value is -2.77. The topological polar surface area (TPSA) is 77.9 Å². The number of hydrogen-bond donors (Lipinski definition) is 1. The number of hydrogen-bond acceptors (Lipinski definition) is 3. The number of carbonyl (C=O) groups excluding carboxylic acids is 2. The van der Waals surface area contributed by atoms with Gasteiger partial charge in [-0.15, -0.1) is 0 Å². The number of halogens is 2. The van der Waals surface area contributed by atoms with Crippen LogP contribution in [0, 0.1) is 11.6 Å². The molecule has 2 amide bonds. The van der Waals surface area contributed by atoms with E-state index in [0.29, 0.717) is 18.7 Å². The van der Waals surface area contributed by atoms with Crippen LogP contribution in [0.15, 0.2) is 30.4 Å². The molecular formula is C16H16F2N2O4. The molecule has 0 atom stereocenters. The summed E-state index contributed by atoms with van der Waals surface area (Å²) < 4.78 is 26.0. The first-order valence-electron chi connectivity index (χ1n) is 7.28. The lowest BCUT2D eigenvalue weighted by Gasteiger charge is -2.34. The molecular weight excluding hydrogens is 322 g/mol. The van der Waals surface area contributed by atoms with E-state index in [4.69, 9.17) is 5.11 Å². The quantitative estimate of drug-likeness (QED) is 0.825. The van der Waals surface area contributed by atoms with Gasteiger partial charge in [0.05, 0.1) is 6.42 Å². The molecule has 1 heterocycles. The molecule has 1 aliphatic heterocycles. The van der Waals surface area contributed by atoms with Gasteiger partial charge in [0.25, 0.3) is 0 Å². The molecule has 6 nitrogen and oxygen atoms in total. The predicted octanol–water partition coefficient (Wildman–Crippen LogP) is 0.819. The number of piperazine rings is 1. The van der Waals surface area contributed by atoms with E-state index in [-0.39, 0.29) is 25.4 Å². The Balaban J connectivity index is 1.87. The van der Waals surface area contributed by atoms with Gasteiger partial charge in [0.1, 0.15) is 0 Å². The van der Waals surface area contributed by atoms with Gasteiger partial charge in [0.15, 0.2) is 11.6 Å². The van der Waals surface area contributed by atoms with Crippen molar-refractivity contribution >= 4 is 17.8 Å². The maximum absolute atomic E-state index is 13.1. The van der Waals surface area contributed by atoms with Crippen LogP contribution < -0.4 is 0 Å². The lowest BCUT2D eigenvalue weighted by Crippen LogP contribution is -2.50. The maximum Gasteiger partial charge on any atom is 0.328 e. The number of carboxylic acid groups (broad SMARTS) is 1. The summed E-state index contributed by atoms with van der Waals surface area (Å²) in [6.45, 7) is 1.17. The average molecular weight is 338 g/mol. The molecule has 2 rings (SSSR count). The molecule has 8 heteroatoms. The highest BCUT2D eigenvalue weighted by molar-refractivity contribution is 5.94. The van der Waals surface area contributed by atoms with E-state index in [9.17, 15) is 23.2 Å². The summed E-state index contributed by atoms with van der Waals surface area (Å²) in [4.78, 5) is 37.3. The lowest BCUT2D eigenvalue weighted by molar-refractivity contribution is -0.136. The summed E-state index contributed by atoms with van der Waals surface area (Å²) in [6, 6.07) is 3.32. The average Bonchev–Trinajstić information content (AvgIpc) is 2.56. The van der Waals surface area contributed by atoms with Crippen LogP contribution in [0.2, 0.25) is 0 Å². The van der Waals surface area contributed by atoms with E-state index in [1.165, 1.54) is 15.9 Å². The summed E-state index contributed by atoms with van der Waals surface area (Å²) in [6.07, 6.45) is 1.69. The van der Waals surface area contributed by atoms with Crippen LogP contribution in [0.5, 0.6) is 0 Å². The largest absolute Gasteiger partial charge is 0.478 e. The van der Waals surface area contributed by atoms with Gasteiger partial charge in [-0.25, -0.2) is 13.6 Å². The third kappa shape index (κ3) is 4.61. The van der Waals surface area contributed by atoms with Gasteiger partial charge in [-0.1, -0.05) is 6.07 Å². The van der Waals surface area contributed by atoms with Crippen molar-refractivity contribution in [1.82, 2.24) is 9.80 Å². The van der Waals surface area contributed by atoms with Gasteiger partial charge in [-0.05, 0) is 17.7 Å². The molecule has 1 saturated heterocycles. The predicted molar refractivity (Wildman–Crippen MR) is 80.0 cm³/mol. The third-order valence-electron chi connectivity index (χ3n) is 3.65. The Morgan fingerprint density at radius 1 is 1.00 bits per heavy atom. The Labute approximate surface area is 137 Å². The van der Waals surface area contributed by atoms with Crippen LogP contribution in [0.3, 0.4) is 0 Å². The van der Waals surface area contributed by atoms with Gasteiger partial charge < -0.3 is 14.9 Å². The Bertz CT molecular complexity index is 683. The van der Waals surface area contributed by atoms with E-state index in [0.717, 1.165) is 24.3 Å². The summed E-state index contributed by atoms with van der Waals surface area (Å²) >= 11 is 0. The molecule has 1 fully saturated rings. The van der Waals surface area contributed by atoms with Crippen molar-refractivity contribution in [2.75, 3.05) is 26.2 Å². The maximum atomic E-state index is 13.1. The van der Waals surface area contributed by atoms with Crippen molar-refractivity contribution in [3.8, 4) is 0 Å². The minimum absolute atomic E-state index is 0.0515. The standard InChI is InChI=1S/C16H16F2N2O4/c17-12-2-1-11(9-13(12)18)10-15(22)20-7-5-19(6-8-20)14(21)3-4-16(23)24/h1-4,9H,5-8,10H2,(H,23,24)/b4-3-. The van der Waals surface area contributed by atoms with Crippen LogP contribution in [0.1, 0.15) is 5.56 Å². The van der Waals surface area contributed by atoms with E-state index < -0.39 is 23.5 Å². The summed E-state index contributed by atoms with van der Waals surface area (Å²) in [5.74, 6) is -3.84. The van der Waals surface area contributed by atoms with Gasteiger partial charge in [-0.2, -0.15) is 0 Å². The molecule has 0 spiro atoms. The molecule has 1 N–H and O–H groups in total. The van der Waals surface area contributed by atoms with Crippen molar-refractivity contribution in [3.05, 3.63) is 47.5 Å². The highest BCUT2D eigenvalue weighted by Gasteiger charge is 2.23. The molecule has 0 aliphatic carbocycles. The minimum atomic E-state index is -1.20. The van der Waals surface area contributed by atoms with E-state index >= 15 is 0 Å². The van der Waals surface area contributed by atoms with Crippen molar-refractivity contribution in [3.63, 3.8) is 0 Å². The smallest absolute Gasteiger partial charge is 0.328 e. The van der Waals surface area contributed by atoms with Crippen LogP contribution in [0.4, 0.5) is 8.78 Å². The highest BCUT2D eigenvalue weighted by Crippen LogP contribution is 2.11. The Kier molecular flexibility index (Phi) is 5.62. The van der Waals surface area contributed by atoms with E-state index in [2.05, 4.69) is 0 Å². The SMILES string of the molecule is O=C(O)/C=C\C(=O)N1CCN(C(=O)Cc2ccc(F)c(F)c2)CC1. The molecule has 1 aliphatic rings. The first-order valence-corrected chi connectivity index (χ1v) is 7.28. The first kappa shape index (κ1) is 17.6. The first-order chi connectivity index (χ1) is 11.4. The molecule has 0 radical (unpaired) electrons. The fourth-order valence-electron chi connectivity index (χ4n) is 2.36. The summed E-state index contributed by atoms with van der Waals surface area (Å²) in [5.41, 5.74) is 0.377. The third-order valence-corrected chi connectivity index (χ3v) is 3.65. The van der Waals surface area contributed by atoms with E-state index in [1.54, 1.807) is 0 Å². The second-order valence-electron chi connectivity index (χ2n) is 5.30. The number of nitrogens with zero attached hydrogens (tertiary/aromatic N) is 2. The van der Waals surface area contributed by atoms with Crippen LogP contribution >= 0.6 is 0 Å². The normalized spacial score (nSPS) is 14.9. The van der Waals surface area contributed by atoms with Crippen molar-refractivity contribution in [2.24, 2.45) is 0 Å². The number of amides is 2. The van der Waals surface area contributed by atoms with Crippen LogP contribution in [-0.2, 0) is 20.8 Å². The molecule has 128 valence electrons. The minimum Gasteiger partial charge on any atom is -0.478 e. The number of aliphatic carboxylic acids is 1. The number of carboxylic acids is 1.